The first-order valence-electron chi connectivity index (χ1n) is 8.35. The van der Waals surface area contributed by atoms with Crippen LogP contribution in [0.5, 0.6) is 11.5 Å². The normalized spacial score (nSPS) is 19.5. The third-order valence-electron chi connectivity index (χ3n) is 4.49. The third-order valence-corrected chi connectivity index (χ3v) is 5.42. The molecule has 0 aliphatic carbocycles. The van der Waals surface area contributed by atoms with E-state index in [1.807, 2.05) is 5.38 Å². The highest BCUT2D eigenvalue weighted by Gasteiger charge is 2.33. The standard InChI is InChI=1S/C18H18N2O4S/c21-15(13-5-1-2-6-19-13)12-4-3-7-20(10-12)18(22)17-16-14(11-25-17)23-8-9-24-16/h1-2,5-6,11-12H,3-4,7-10H2/t12-/m0/s1. The number of piperidine rings is 1. The van der Waals surface area contributed by atoms with Crippen molar-refractivity contribution < 1.29 is 19.1 Å². The van der Waals surface area contributed by atoms with Crippen LogP contribution in [0.1, 0.15) is 33.0 Å². The number of Topliss-reactive ketones (excluding diaryl/α,β-unsaturated/α-hetero) is 1. The summed E-state index contributed by atoms with van der Waals surface area (Å²) < 4.78 is 11.1. The zero-order valence-corrected chi connectivity index (χ0v) is 14.5. The van der Waals surface area contributed by atoms with Gasteiger partial charge < -0.3 is 14.4 Å². The summed E-state index contributed by atoms with van der Waals surface area (Å²) >= 11 is 1.33. The van der Waals surface area contributed by atoms with Gasteiger partial charge >= 0.3 is 0 Å². The Kier molecular flexibility index (Phi) is 4.40. The van der Waals surface area contributed by atoms with E-state index >= 15 is 0 Å². The highest BCUT2D eigenvalue weighted by molar-refractivity contribution is 7.12. The van der Waals surface area contributed by atoms with E-state index in [-0.39, 0.29) is 17.6 Å². The summed E-state index contributed by atoms with van der Waals surface area (Å²) in [6.45, 7) is 2.02. The van der Waals surface area contributed by atoms with Crippen molar-refractivity contribution in [2.75, 3.05) is 26.3 Å². The van der Waals surface area contributed by atoms with Crippen LogP contribution in [0.4, 0.5) is 0 Å². The van der Waals surface area contributed by atoms with Crippen LogP contribution < -0.4 is 9.47 Å². The maximum Gasteiger partial charge on any atom is 0.267 e. The molecule has 2 aliphatic heterocycles. The molecule has 2 aromatic heterocycles. The van der Waals surface area contributed by atoms with Gasteiger partial charge in [-0.2, -0.15) is 0 Å². The number of carbonyl (C=O) groups is 2. The molecule has 2 aromatic rings. The number of pyridine rings is 1. The Morgan fingerprint density at radius 3 is 2.96 bits per heavy atom. The molecule has 0 aromatic carbocycles. The second-order valence-electron chi connectivity index (χ2n) is 6.12. The summed E-state index contributed by atoms with van der Waals surface area (Å²) in [5.74, 6) is 0.888. The van der Waals surface area contributed by atoms with Crippen LogP contribution >= 0.6 is 11.3 Å². The average Bonchev–Trinajstić information content (AvgIpc) is 3.12. The Labute approximate surface area is 149 Å². The Hall–Kier alpha value is -2.41. The number of amides is 1. The SMILES string of the molecule is O=C(c1ccccn1)[C@H]1CCCN(C(=O)c2scc3c2OCCO3)C1. The van der Waals surface area contributed by atoms with Crippen molar-refractivity contribution in [2.24, 2.45) is 5.92 Å². The summed E-state index contributed by atoms with van der Waals surface area (Å²) in [5, 5.41) is 1.81. The van der Waals surface area contributed by atoms with E-state index in [0.29, 0.717) is 48.4 Å². The lowest BCUT2D eigenvalue weighted by Crippen LogP contribution is -2.42. The second-order valence-corrected chi connectivity index (χ2v) is 7.00. The molecule has 0 spiro atoms. The number of likely N-dealkylation sites (tertiary alicyclic amines) is 1. The summed E-state index contributed by atoms with van der Waals surface area (Å²) in [6.07, 6.45) is 3.20. The molecule has 130 valence electrons. The fourth-order valence-corrected chi connectivity index (χ4v) is 4.14. The van der Waals surface area contributed by atoms with Crippen molar-refractivity contribution in [1.29, 1.82) is 0 Å². The van der Waals surface area contributed by atoms with Gasteiger partial charge in [0.1, 0.15) is 23.8 Å². The molecule has 1 amide bonds. The van der Waals surface area contributed by atoms with Crippen molar-refractivity contribution >= 4 is 23.0 Å². The zero-order valence-electron chi connectivity index (χ0n) is 13.6. The Morgan fingerprint density at radius 2 is 2.12 bits per heavy atom. The van der Waals surface area contributed by atoms with Gasteiger partial charge in [0.05, 0.1) is 0 Å². The highest BCUT2D eigenvalue weighted by atomic mass is 32.1. The van der Waals surface area contributed by atoms with Crippen LogP contribution in [0.3, 0.4) is 0 Å². The van der Waals surface area contributed by atoms with E-state index in [0.717, 1.165) is 12.8 Å². The molecule has 7 heteroatoms. The van der Waals surface area contributed by atoms with Gasteiger partial charge in [0.2, 0.25) is 0 Å². The molecule has 6 nitrogen and oxygen atoms in total. The minimum absolute atomic E-state index is 0.00546. The summed E-state index contributed by atoms with van der Waals surface area (Å²) in [7, 11) is 0. The van der Waals surface area contributed by atoms with E-state index < -0.39 is 0 Å². The van der Waals surface area contributed by atoms with Crippen LogP contribution in [0.15, 0.2) is 29.8 Å². The number of nitrogens with zero attached hydrogens (tertiary/aromatic N) is 2. The molecular weight excluding hydrogens is 340 g/mol. The molecule has 4 rings (SSSR count). The number of ether oxygens (including phenoxy) is 2. The number of thiophene rings is 1. The van der Waals surface area contributed by atoms with Gasteiger partial charge in [-0.1, -0.05) is 6.07 Å². The lowest BCUT2D eigenvalue weighted by molar-refractivity contribution is 0.0633. The molecule has 0 radical (unpaired) electrons. The zero-order chi connectivity index (χ0) is 17.2. The lowest BCUT2D eigenvalue weighted by Gasteiger charge is -2.32. The van der Waals surface area contributed by atoms with Crippen molar-refractivity contribution in [3.8, 4) is 11.5 Å². The minimum atomic E-state index is -0.208. The summed E-state index contributed by atoms with van der Waals surface area (Å²) in [6, 6.07) is 5.32. The van der Waals surface area contributed by atoms with E-state index in [4.69, 9.17) is 9.47 Å². The Morgan fingerprint density at radius 1 is 1.24 bits per heavy atom. The monoisotopic (exact) mass is 358 g/mol. The van der Waals surface area contributed by atoms with Gasteiger partial charge in [0.25, 0.3) is 5.91 Å². The van der Waals surface area contributed by atoms with Gasteiger partial charge in [-0.3, -0.25) is 14.6 Å². The molecule has 0 saturated carbocycles. The molecule has 1 atom stereocenters. The molecule has 2 aliphatic rings. The van der Waals surface area contributed by atoms with Crippen LogP contribution in [0, 0.1) is 5.92 Å². The van der Waals surface area contributed by atoms with Crippen molar-refractivity contribution in [1.82, 2.24) is 9.88 Å². The molecule has 1 fully saturated rings. The van der Waals surface area contributed by atoms with E-state index in [9.17, 15) is 9.59 Å². The van der Waals surface area contributed by atoms with E-state index in [2.05, 4.69) is 4.98 Å². The molecule has 1 saturated heterocycles. The molecule has 0 unspecified atom stereocenters. The topological polar surface area (TPSA) is 68.7 Å². The van der Waals surface area contributed by atoms with E-state index in [1.165, 1.54) is 11.3 Å². The van der Waals surface area contributed by atoms with Gasteiger partial charge in [0, 0.05) is 30.6 Å². The molecule has 4 heterocycles. The fourth-order valence-electron chi connectivity index (χ4n) is 3.25. The number of hydrogen-bond donors (Lipinski definition) is 0. The number of aromatic nitrogens is 1. The third kappa shape index (κ3) is 3.11. The first-order valence-corrected chi connectivity index (χ1v) is 9.23. The number of rotatable bonds is 3. The van der Waals surface area contributed by atoms with Crippen LogP contribution in [-0.4, -0.2) is 47.9 Å². The number of hydrogen-bond acceptors (Lipinski definition) is 6. The van der Waals surface area contributed by atoms with Gasteiger partial charge in [-0.15, -0.1) is 11.3 Å². The van der Waals surface area contributed by atoms with Crippen LogP contribution in [-0.2, 0) is 0 Å². The van der Waals surface area contributed by atoms with Crippen molar-refractivity contribution in [2.45, 2.75) is 12.8 Å². The minimum Gasteiger partial charge on any atom is -0.485 e. The Balaban J connectivity index is 1.50. The van der Waals surface area contributed by atoms with Gasteiger partial charge in [-0.05, 0) is 25.0 Å². The number of carbonyl (C=O) groups excluding carboxylic acids is 2. The van der Waals surface area contributed by atoms with Gasteiger partial charge in [-0.25, -0.2) is 0 Å². The first kappa shape index (κ1) is 16.1. The van der Waals surface area contributed by atoms with Crippen LogP contribution in [0.25, 0.3) is 0 Å². The van der Waals surface area contributed by atoms with Gasteiger partial charge in [0.15, 0.2) is 17.3 Å². The van der Waals surface area contributed by atoms with E-state index in [1.54, 1.807) is 29.3 Å². The molecule has 25 heavy (non-hydrogen) atoms. The largest absolute Gasteiger partial charge is 0.485 e. The highest BCUT2D eigenvalue weighted by Crippen LogP contribution is 2.40. The smallest absolute Gasteiger partial charge is 0.267 e. The van der Waals surface area contributed by atoms with Crippen molar-refractivity contribution in [3.05, 3.63) is 40.3 Å². The van der Waals surface area contributed by atoms with Crippen LogP contribution in [0.2, 0.25) is 0 Å². The fraction of sp³-hybridized carbons (Fsp3) is 0.389. The molecule has 0 bridgehead atoms. The molecule has 0 N–H and O–H groups in total. The summed E-state index contributed by atoms with van der Waals surface area (Å²) in [4.78, 5) is 32.0. The first-order chi connectivity index (χ1) is 12.2. The van der Waals surface area contributed by atoms with Crippen molar-refractivity contribution in [3.63, 3.8) is 0 Å². The second kappa shape index (κ2) is 6.84. The predicted octanol–water partition coefficient (Wildman–Crippen LogP) is 2.65. The number of ketones is 1. The number of fused-ring (bicyclic) bond motifs is 1. The maximum atomic E-state index is 12.9. The maximum absolute atomic E-state index is 12.9. The lowest BCUT2D eigenvalue weighted by atomic mass is 9.92. The predicted molar refractivity (Wildman–Crippen MR) is 92.5 cm³/mol. The summed E-state index contributed by atoms with van der Waals surface area (Å²) in [5.41, 5.74) is 0.465. The average molecular weight is 358 g/mol. The quantitative estimate of drug-likeness (QED) is 0.789. The Bertz CT molecular complexity index is 790. The molecular formula is C18H18N2O4S.